The van der Waals surface area contributed by atoms with Gasteiger partial charge in [0.1, 0.15) is 6.61 Å². The van der Waals surface area contributed by atoms with E-state index in [4.69, 9.17) is 9.73 Å². The predicted octanol–water partition coefficient (Wildman–Crippen LogP) is 4.20. The van der Waals surface area contributed by atoms with Gasteiger partial charge in [-0.3, -0.25) is 0 Å². The Kier molecular flexibility index (Phi) is 4.01. The smallest absolute Gasteiger partial charge is 0.288 e. The number of ether oxygens (including phenoxy) is 1. The standard InChI is InChI=1S/C21H24N2O/c1-15(2)19-14-24-21(22-19)23-13-17-10-6-7-11-18(17)20(23)12-16-8-4-3-5-9-16/h3-11,15,19-20H,12-14H2,1-2H3/t19-,20+/m1/s1. The van der Waals surface area contributed by atoms with Crippen LogP contribution >= 0.6 is 0 Å². The van der Waals surface area contributed by atoms with Crippen LogP contribution < -0.4 is 0 Å². The van der Waals surface area contributed by atoms with Gasteiger partial charge in [0, 0.05) is 6.54 Å². The van der Waals surface area contributed by atoms with Crippen molar-refractivity contribution in [2.75, 3.05) is 6.61 Å². The first-order valence-electron chi connectivity index (χ1n) is 8.81. The van der Waals surface area contributed by atoms with E-state index >= 15 is 0 Å². The van der Waals surface area contributed by atoms with Crippen LogP contribution in [0.15, 0.2) is 59.6 Å². The summed E-state index contributed by atoms with van der Waals surface area (Å²) in [6.07, 6.45) is 0.979. The largest absolute Gasteiger partial charge is 0.463 e. The second-order valence-corrected chi connectivity index (χ2v) is 7.07. The summed E-state index contributed by atoms with van der Waals surface area (Å²) in [5, 5.41) is 0. The van der Waals surface area contributed by atoms with Crippen molar-refractivity contribution in [3.63, 3.8) is 0 Å². The maximum Gasteiger partial charge on any atom is 0.288 e. The average molecular weight is 320 g/mol. The third-order valence-electron chi connectivity index (χ3n) is 5.08. The highest BCUT2D eigenvalue weighted by molar-refractivity contribution is 5.77. The molecule has 4 rings (SSSR count). The highest BCUT2D eigenvalue weighted by atomic mass is 16.5. The molecule has 0 unspecified atom stereocenters. The van der Waals surface area contributed by atoms with Crippen molar-refractivity contribution in [1.82, 2.24) is 4.90 Å². The van der Waals surface area contributed by atoms with Crippen LogP contribution in [0.1, 0.15) is 36.6 Å². The average Bonchev–Trinajstić information content (AvgIpc) is 3.21. The van der Waals surface area contributed by atoms with Crippen molar-refractivity contribution in [2.24, 2.45) is 10.9 Å². The molecule has 124 valence electrons. The minimum absolute atomic E-state index is 0.279. The SMILES string of the molecule is CC(C)[C@H]1COC(N2Cc3ccccc3[C@@H]2Cc2ccccc2)=N1. The zero-order valence-electron chi connectivity index (χ0n) is 14.4. The van der Waals surface area contributed by atoms with Gasteiger partial charge in [-0.25, -0.2) is 4.99 Å². The molecule has 2 heterocycles. The van der Waals surface area contributed by atoms with Gasteiger partial charge < -0.3 is 9.64 Å². The number of benzene rings is 2. The van der Waals surface area contributed by atoms with Crippen LogP contribution in [-0.2, 0) is 17.7 Å². The van der Waals surface area contributed by atoms with Crippen molar-refractivity contribution in [3.05, 3.63) is 71.3 Å². The maximum atomic E-state index is 5.99. The summed E-state index contributed by atoms with van der Waals surface area (Å²) in [5.41, 5.74) is 4.14. The molecule has 0 N–H and O–H groups in total. The fraction of sp³-hybridized carbons (Fsp3) is 0.381. The third-order valence-corrected chi connectivity index (χ3v) is 5.08. The molecule has 2 aliphatic heterocycles. The van der Waals surface area contributed by atoms with E-state index in [-0.39, 0.29) is 6.04 Å². The molecule has 3 nitrogen and oxygen atoms in total. The lowest BCUT2D eigenvalue weighted by atomic mass is 9.98. The van der Waals surface area contributed by atoms with E-state index in [1.807, 2.05) is 0 Å². The van der Waals surface area contributed by atoms with Gasteiger partial charge in [-0.05, 0) is 29.0 Å². The summed E-state index contributed by atoms with van der Waals surface area (Å²) in [5.74, 6) is 0.514. The Hall–Kier alpha value is -2.29. The van der Waals surface area contributed by atoms with Gasteiger partial charge in [-0.2, -0.15) is 0 Å². The molecule has 0 saturated heterocycles. The molecular weight excluding hydrogens is 296 g/mol. The summed E-state index contributed by atoms with van der Waals surface area (Å²) in [6, 6.07) is 20.8. The number of amidine groups is 1. The minimum atomic E-state index is 0.279. The van der Waals surface area contributed by atoms with Crippen LogP contribution in [0.2, 0.25) is 0 Å². The Labute approximate surface area is 144 Å². The summed E-state index contributed by atoms with van der Waals surface area (Å²) in [4.78, 5) is 7.21. The van der Waals surface area contributed by atoms with Gasteiger partial charge in [0.05, 0.1) is 12.1 Å². The molecule has 0 radical (unpaired) electrons. The second-order valence-electron chi connectivity index (χ2n) is 7.07. The summed E-state index contributed by atoms with van der Waals surface area (Å²) in [7, 11) is 0. The van der Waals surface area contributed by atoms with E-state index < -0.39 is 0 Å². The van der Waals surface area contributed by atoms with E-state index in [1.54, 1.807) is 0 Å². The quantitative estimate of drug-likeness (QED) is 0.847. The molecule has 0 amide bonds. The number of hydrogen-bond acceptors (Lipinski definition) is 3. The van der Waals surface area contributed by atoms with Gasteiger partial charge in [0.25, 0.3) is 6.02 Å². The first kappa shape index (κ1) is 15.3. The van der Waals surface area contributed by atoms with E-state index in [1.165, 1.54) is 16.7 Å². The Morgan fingerprint density at radius 1 is 1.08 bits per heavy atom. The maximum absolute atomic E-state index is 5.99. The van der Waals surface area contributed by atoms with Crippen molar-refractivity contribution >= 4 is 6.02 Å². The van der Waals surface area contributed by atoms with Gasteiger partial charge in [0.2, 0.25) is 0 Å². The summed E-state index contributed by atoms with van der Waals surface area (Å²) >= 11 is 0. The number of aliphatic imine (C=N–C) groups is 1. The van der Waals surface area contributed by atoms with Gasteiger partial charge in [-0.1, -0.05) is 68.4 Å². The van der Waals surface area contributed by atoms with E-state index in [9.17, 15) is 0 Å². The van der Waals surface area contributed by atoms with Crippen LogP contribution in [0.4, 0.5) is 0 Å². The fourth-order valence-electron chi connectivity index (χ4n) is 3.60. The van der Waals surface area contributed by atoms with E-state index in [0.29, 0.717) is 18.6 Å². The Balaban J connectivity index is 1.65. The zero-order valence-corrected chi connectivity index (χ0v) is 14.4. The van der Waals surface area contributed by atoms with E-state index in [0.717, 1.165) is 19.0 Å². The van der Waals surface area contributed by atoms with Crippen molar-refractivity contribution in [3.8, 4) is 0 Å². The molecule has 2 aromatic rings. The first-order valence-corrected chi connectivity index (χ1v) is 8.81. The van der Waals surface area contributed by atoms with Crippen molar-refractivity contribution < 1.29 is 4.74 Å². The second kappa shape index (κ2) is 6.31. The van der Waals surface area contributed by atoms with Crippen LogP contribution in [0, 0.1) is 5.92 Å². The summed E-state index contributed by atoms with van der Waals surface area (Å²) in [6.45, 7) is 6.01. The van der Waals surface area contributed by atoms with Gasteiger partial charge >= 0.3 is 0 Å². The van der Waals surface area contributed by atoms with Gasteiger partial charge in [0.15, 0.2) is 0 Å². The highest BCUT2D eigenvalue weighted by Gasteiger charge is 2.36. The van der Waals surface area contributed by atoms with Crippen LogP contribution in [-0.4, -0.2) is 23.6 Å². The lowest BCUT2D eigenvalue weighted by Gasteiger charge is -2.26. The number of rotatable bonds is 3. The molecule has 0 saturated carbocycles. The highest BCUT2D eigenvalue weighted by Crippen LogP contribution is 2.37. The first-order chi connectivity index (χ1) is 11.7. The molecule has 0 fully saturated rings. The lowest BCUT2D eigenvalue weighted by Crippen LogP contribution is -2.31. The van der Waals surface area contributed by atoms with Crippen molar-refractivity contribution in [2.45, 2.75) is 38.9 Å². The minimum Gasteiger partial charge on any atom is -0.463 e. The molecule has 2 atom stereocenters. The molecule has 2 aliphatic rings. The third kappa shape index (κ3) is 2.79. The fourth-order valence-corrected chi connectivity index (χ4v) is 3.60. The monoisotopic (exact) mass is 320 g/mol. The lowest BCUT2D eigenvalue weighted by molar-refractivity contribution is 0.217. The normalized spacial score (nSPS) is 22.5. The van der Waals surface area contributed by atoms with Crippen LogP contribution in [0.5, 0.6) is 0 Å². The molecule has 24 heavy (non-hydrogen) atoms. The predicted molar refractivity (Wildman–Crippen MR) is 96.9 cm³/mol. The molecule has 3 heteroatoms. The molecule has 0 aromatic heterocycles. The summed E-state index contributed by atoms with van der Waals surface area (Å²) < 4.78 is 5.99. The van der Waals surface area contributed by atoms with Crippen molar-refractivity contribution in [1.29, 1.82) is 0 Å². The zero-order chi connectivity index (χ0) is 16.5. The Bertz CT molecular complexity index is 739. The molecular formula is C21H24N2O. The van der Waals surface area contributed by atoms with Crippen LogP contribution in [0.25, 0.3) is 0 Å². The molecule has 0 aliphatic carbocycles. The Morgan fingerprint density at radius 2 is 1.83 bits per heavy atom. The Morgan fingerprint density at radius 3 is 2.58 bits per heavy atom. The van der Waals surface area contributed by atoms with Crippen LogP contribution in [0.3, 0.4) is 0 Å². The van der Waals surface area contributed by atoms with E-state index in [2.05, 4.69) is 73.3 Å². The molecule has 0 spiro atoms. The number of hydrogen-bond donors (Lipinski definition) is 0. The van der Waals surface area contributed by atoms with Gasteiger partial charge in [-0.15, -0.1) is 0 Å². The topological polar surface area (TPSA) is 24.8 Å². The molecule has 0 bridgehead atoms. The number of nitrogens with zero attached hydrogens (tertiary/aromatic N) is 2. The molecule has 2 aromatic carbocycles. The number of fused-ring (bicyclic) bond motifs is 1.